The van der Waals surface area contributed by atoms with Crippen LogP contribution in [0.5, 0.6) is 0 Å². The Morgan fingerprint density at radius 2 is 1.81 bits per heavy atom. The highest BCUT2D eigenvalue weighted by atomic mass is 19.1. The Balaban J connectivity index is 1.47. The van der Waals surface area contributed by atoms with Crippen molar-refractivity contribution in [3.05, 3.63) is 72.1 Å². The third kappa shape index (κ3) is 5.33. The molecule has 1 aromatic heterocycles. The fraction of sp³-hybridized carbons (Fsp3) is 0.0526. The molecule has 3 rings (SSSR count). The number of hydrogen-bond donors (Lipinski definition) is 1. The second-order valence-corrected chi connectivity index (χ2v) is 5.32. The van der Waals surface area contributed by atoms with Gasteiger partial charge in [0.15, 0.2) is 6.61 Å². The van der Waals surface area contributed by atoms with E-state index in [1.807, 2.05) is 18.2 Å². The highest BCUT2D eigenvalue weighted by Crippen LogP contribution is 2.18. The molecule has 1 N–H and O–H groups in total. The fourth-order valence-electron chi connectivity index (χ4n) is 2.05. The number of esters is 1. The number of amides is 1. The van der Waals surface area contributed by atoms with Crippen LogP contribution in [0.15, 0.2) is 65.1 Å². The Labute approximate surface area is 153 Å². The summed E-state index contributed by atoms with van der Waals surface area (Å²) < 4.78 is 22.9. The highest BCUT2D eigenvalue weighted by Gasteiger charge is 2.12. The monoisotopic (exact) mass is 367 g/mol. The van der Waals surface area contributed by atoms with Crippen molar-refractivity contribution in [1.29, 1.82) is 0 Å². The lowest BCUT2D eigenvalue weighted by molar-refractivity contribution is -0.142. The van der Waals surface area contributed by atoms with Crippen molar-refractivity contribution in [3.8, 4) is 11.5 Å². The summed E-state index contributed by atoms with van der Waals surface area (Å²) in [6.45, 7) is -0.518. The van der Waals surface area contributed by atoms with Crippen LogP contribution < -0.4 is 5.32 Å². The van der Waals surface area contributed by atoms with Crippen LogP contribution in [0.3, 0.4) is 0 Å². The summed E-state index contributed by atoms with van der Waals surface area (Å²) >= 11 is 0. The van der Waals surface area contributed by atoms with E-state index < -0.39 is 18.5 Å². The van der Waals surface area contributed by atoms with Crippen LogP contribution in [-0.2, 0) is 14.3 Å². The number of halogens is 1. The van der Waals surface area contributed by atoms with Gasteiger partial charge in [-0.2, -0.15) is 0 Å². The minimum absolute atomic E-state index is 0.100. The molecule has 1 amide bonds. The lowest BCUT2D eigenvalue weighted by Crippen LogP contribution is -2.20. The molecule has 0 aliphatic carbocycles. The van der Waals surface area contributed by atoms with E-state index in [2.05, 4.69) is 15.5 Å². The summed E-state index contributed by atoms with van der Waals surface area (Å²) in [6.07, 6.45) is 2.59. The molecule has 0 bridgehead atoms. The predicted molar refractivity (Wildman–Crippen MR) is 94.8 cm³/mol. The summed E-state index contributed by atoms with van der Waals surface area (Å²) in [6, 6.07) is 14.5. The van der Waals surface area contributed by atoms with E-state index >= 15 is 0 Å². The first-order valence-electron chi connectivity index (χ1n) is 7.89. The number of carbonyl (C=O) groups is 2. The number of nitrogens with one attached hydrogen (secondary N) is 1. The van der Waals surface area contributed by atoms with E-state index in [4.69, 9.17) is 9.15 Å². The van der Waals surface area contributed by atoms with Gasteiger partial charge in [0.1, 0.15) is 5.82 Å². The summed E-state index contributed by atoms with van der Waals surface area (Å²) in [5, 5.41) is 9.88. The van der Waals surface area contributed by atoms with Crippen LogP contribution in [-0.4, -0.2) is 28.7 Å². The maximum atomic E-state index is 12.8. The molecule has 0 saturated heterocycles. The highest BCUT2D eigenvalue weighted by molar-refractivity contribution is 5.93. The fourth-order valence-corrected chi connectivity index (χ4v) is 2.05. The SMILES string of the molecule is O=C(COC(=O)/C=C/c1ccc(F)cc1)Nc1nnc(-c2ccccc2)o1. The number of benzene rings is 2. The van der Waals surface area contributed by atoms with Crippen LogP contribution in [0.4, 0.5) is 10.4 Å². The zero-order valence-corrected chi connectivity index (χ0v) is 14.0. The minimum Gasteiger partial charge on any atom is -0.452 e. The van der Waals surface area contributed by atoms with Crippen LogP contribution in [0.1, 0.15) is 5.56 Å². The molecule has 0 fully saturated rings. The van der Waals surface area contributed by atoms with Crippen LogP contribution in [0, 0.1) is 5.82 Å². The van der Waals surface area contributed by atoms with Gasteiger partial charge in [0.25, 0.3) is 5.91 Å². The Hall–Kier alpha value is -3.81. The topological polar surface area (TPSA) is 94.3 Å². The molecule has 0 spiro atoms. The van der Waals surface area contributed by atoms with E-state index in [1.54, 1.807) is 12.1 Å². The Morgan fingerprint density at radius 3 is 2.56 bits per heavy atom. The normalized spacial score (nSPS) is 10.7. The molecular weight excluding hydrogens is 353 g/mol. The van der Waals surface area contributed by atoms with Gasteiger partial charge < -0.3 is 9.15 Å². The van der Waals surface area contributed by atoms with Crippen molar-refractivity contribution in [2.45, 2.75) is 0 Å². The molecule has 7 nitrogen and oxygen atoms in total. The van der Waals surface area contributed by atoms with Gasteiger partial charge in [0.2, 0.25) is 5.89 Å². The van der Waals surface area contributed by atoms with Crippen molar-refractivity contribution >= 4 is 24.0 Å². The van der Waals surface area contributed by atoms with Gasteiger partial charge in [0.05, 0.1) is 0 Å². The molecule has 0 aliphatic rings. The molecular formula is C19H14FN3O4. The zero-order chi connectivity index (χ0) is 19.1. The van der Waals surface area contributed by atoms with Gasteiger partial charge in [0, 0.05) is 11.6 Å². The van der Waals surface area contributed by atoms with Crippen molar-refractivity contribution in [2.75, 3.05) is 11.9 Å². The van der Waals surface area contributed by atoms with Gasteiger partial charge in [-0.3, -0.25) is 10.1 Å². The molecule has 0 unspecified atom stereocenters. The molecule has 1 heterocycles. The van der Waals surface area contributed by atoms with Crippen molar-refractivity contribution in [3.63, 3.8) is 0 Å². The maximum Gasteiger partial charge on any atom is 0.331 e. The third-order valence-electron chi connectivity index (χ3n) is 3.32. The van der Waals surface area contributed by atoms with Crippen LogP contribution >= 0.6 is 0 Å². The van der Waals surface area contributed by atoms with E-state index in [-0.39, 0.29) is 17.7 Å². The summed E-state index contributed by atoms with van der Waals surface area (Å²) in [7, 11) is 0. The van der Waals surface area contributed by atoms with Crippen molar-refractivity contribution in [1.82, 2.24) is 10.2 Å². The Kier molecular flexibility index (Phi) is 5.68. The summed E-state index contributed by atoms with van der Waals surface area (Å²) in [4.78, 5) is 23.4. The number of rotatable bonds is 6. The van der Waals surface area contributed by atoms with E-state index in [9.17, 15) is 14.0 Å². The third-order valence-corrected chi connectivity index (χ3v) is 3.32. The van der Waals surface area contributed by atoms with E-state index in [0.717, 1.165) is 6.08 Å². The lowest BCUT2D eigenvalue weighted by atomic mass is 10.2. The number of aromatic nitrogens is 2. The Morgan fingerprint density at radius 1 is 1.07 bits per heavy atom. The van der Waals surface area contributed by atoms with Gasteiger partial charge in [-0.1, -0.05) is 35.4 Å². The second-order valence-electron chi connectivity index (χ2n) is 5.32. The lowest BCUT2D eigenvalue weighted by Gasteiger charge is -2.01. The molecule has 136 valence electrons. The number of hydrogen-bond acceptors (Lipinski definition) is 6. The van der Waals surface area contributed by atoms with Gasteiger partial charge in [-0.05, 0) is 35.9 Å². The van der Waals surface area contributed by atoms with Crippen LogP contribution in [0.2, 0.25) is 0 Å². The Bertz CT molecular complexity index is 953. The van der Waals surface area contributed by atoms with E-state index in [0.29, 0.717) is 11.1 Å². The number of ether oxygens (including phenoxy) is 1. The summed E-state index contributed by atoms with van der Waals surface area (Å²) in [5.74, 6) is -1.46. The molecule has 0 atom stereocenters. The predicted octanol–water partition coefficient (Wildman–Crippen LogP) is 3.07. The smallest absolute Gasteiger partial charge is 0.331 e. The molecule has 0 radical (unpaired) electrons. The molecule has 3 aromatic rings. The van der Waals surface area contributed by atoms with Crippen LogP contribution in [0.25, 0.3) is 17.5 Å². The first kappa shape index (κ1) is 18.0. The van der Waals surface area contributed by atoms with Crippen molar-refractivity contribution in [2.24, 2.45) is 0 Å². The molecule has 2 aromatic carbocycles. The number of anilines is 1. The standard InChI is InChI=1S/C19H14FN3O4/c20-15-9-6-13(7-10-15)8-11-17(25)26-12-16(24)21-19-23-22-18(27-19)14-4-2-1-3-5-14/h1-11H,12H2,(H,21,23,24)/b11-8+. The van der Waals surface area contributed by atoms with Gasteiger partial charge in [-0.25, -0.2) is 9.18 Å². The molecule has 8 heteroatoms. The largest absolute Gasteiger partial charge is 0.452 e. The minimum atomic E-state index is -0.718. The van der Waals surface area contributed by atoms with E-state index in [1.165, 1.54) is 30.3 Å². The molecule has 0 saturated carbocycles. The maximum absolute atomic E-state index is 12.8. The number of nitrogens with zero attached hydrogens (tertiary/aromatic N) is 2. The molecule has 27 heavy (non-hydrogen) atoms. The first-order valence-corrected chi connectivity index (χ1v) is 7.89. The first-order chi connectivity index (χ1) is 13.1. The second kappa shape index (κ2) is 8.52. The quantitative estimate of drug-likeness (QED) is 0.531. The number of carbonyl (C=O) groups excluding carboxylic acids is 2. The van der Waals surface area contributed by atoms with Gasteiger partial charge in [-0.15, -0.1) is 5.10 Å². The summed E-state index contributed by atoms with van der Waals surface area (Å²) in [5.41, 5.74) is 1.33. The van der Waals surface area contributed by atoms with Crippen molar-refractivity contribution < 1.29 is 23.1 Å². The zero-order valence-electron chi connectivity index (χ0n) is 14.0. The average Bonchev–Trinajstić information content (AvgIpc) is 3.15. The average molecular weight is 367 g/mol. The van der Waals surface area contributed by atoms with Gasteiger partial charge >= 0.3 is 12.0 Å². The molecule has 0 aliphatic heterocycles.